The Balaban J connectivity index is 1.82. The Kier molecular flexibility index (Phi) is 5.32. The number of carbonyl (C=O) groups excluding carboxylic acids is 2. The highest BCUT2D eigenvalue weighted by Gasteiger charge is 2.27. The fourth-order valence-corrected chi connectivity index (χ4v) is 4.31. The number of nitrogens with zero attached hydrogens (tertiary/aromatic N) is 1. The lowest BCUT2D eigenvalue weighted by Gasteiger charge is -2.35. The van der Waals surface area contributed by atoms with Gasteiger partial charge in [-0.15, -0.1) is 0 Å². The molecule has 1 saturated heterocycles. The lowest BCUT2D eigenvalue weighted by molar-refractivity contribution is -0.117. The quantitative estimate of drug-likeness (QED) is 0.582. The molecule has 0 radical (unpaired) electrons. The highest BCUT2D eigenvalue weighted by Crippen LogP contribution is 2.39. The molecule has 2 heterocycles. The molecule has 6 nitrogen and oxygen atoms in total. The molecule has 4 rings (SSSR count). The molecule has 0 saturated carbocycles. The van der Waals surface area contributed by atoms with Gasteiger partial charge in [0.25, 0.3) is 5.91 Å². The second-order valence-electron chi connectivity index (χ2n) is 7.56. The summed E-state index contributed by atoms with van der Waals surface area (Å²) in [5.41, 5.74) is 8.00. The first-order valence-corrected chi connectivity index (χ1v) is 9.96. The van der Waals surface area contributed by atoms with Crippen molar-refractivity contribution < 1.29 is 14.0 Å². The zero-order valence-corrected chi connectivity index (χ0v) is 16.7. The molecule has 154 valence electrons. The van der Waals surface area contributed by atoms with Gasteiger partial charge in [0.05, 0.1) is 17.6 Å². The van der Waals surface area contributed by atoms with Crippen LogP contribution < -0.4 is 16.0 Å². The monoisotopic (exact) mass is 406 g/mol. The minimum Gasteiger partial charge on any atom is -0.369 e. The zero-order chi connectivity index (χ0) is 21.3. The smallest absolute Gasteiger partial charge is 0.296 e. The Morgan fingerprint density at radius 1 is 1.37 bits per heavy atom. The number of fused-ring (bicyclic) bond motifs is 3. The van der Waals surface area contributed by atoms with Crippen molar-refractivity contribution in [2.45, 2.75) is 32.2 Å². The number of hydrogen-bond acceptors (Lipinski definition) is 3. The lowest BCUT2D eigenvalue weighted by Crippen LogP contribution is -2.47. The Labute approximate surface area is 173 Å². The van der Waals surface area contributed by atoms with Gasteiger partial charge in [0.2, 0.25) is 5.91 Å². The summed E-state index contributed by atoms with van der Waals surface area (Å²) in [6.07, 6.45) is 1.58. The summed E-state index contributed by atoms with van der Waals surface area (Å²) in [6, 6.07) is 8.95. The van der Waals surface area contributed by atoms with Crippen molar-refractivity contribution in [1.82, 2.24) is 10.3 Å². The number of primary amides is 1. The van der Waals surface area contributed by atoms with E-state index >= 15 is 4.39 Å². The zero-order valence-electron chi connectivity index (χ0n) is 16.7. The molecule has 4 N–H and O–H groups in total. The Morgan fingerprint density at radius 3 is 2.93 bits per heavy atom. The largest absolute Gasteiger partial charge is 0.369 e. The van der Waals surface area contributed by atoms with Crippen LogP contribution in [0.2, 0.25) is 0 Å². The van der Waals surface area contributed by atoms with Gasteiger partial charge in [-0.3, -0.25) is 9.59 Å². The van der Waals surface area contributed by atoms with E-state index in [9.17, 15) is 9.59 Å². The molecule has 1 aromatic heterocycles. The number of amides is 2. The van der Waals surface area contributed by atoms with Crippen molar-refractivity contribution in [1.29, 1.82) is 0 Å². The van der Waals surface area contributed by atoms with Gasteiger partial charge in [-0.2, -0.15) is 0 Å². The molecule has 1 aliphatic heterocycles. The number of aromatic amines is 1. The summed E-state index contributed by atoms with van der Waals surface area (Å²) in [6.45, 7) is 2.77. The predicted octanol–water partition coefficient (Wildman–Crippen LogP) is 2.60. The average molecular weight is 406 g/mol. The second-order valence-corrected chi connectivity index (χ2v) is 7.56. The van der Waals surface area contributed by atoms with Crippen LogP contribution in [0.1, 0.15) is 25.3 Å². The summed E-state index contributed by atoms with van der Waals surface area (Å²) in [4.78, 5) is 28.7. The van der Waals surface area contributed by atoms with Crippen LogP contribution in [0.5, 0.6) is 0 Å². The molecule has 1 fully saturated rings. The maximum atomic E-state index is 15.4. The number of H-pyrrole nitrogens is 1. The van der Waals surface area contributed by atoms with Crippen molar-refractivity contribution >= 4 is 39.3 Å². The Morgan fingerprint density at radius 2 is 2.17 bits per heavy atom. The molecule has 2 aromatic carbocycles. The van der Waals surface area contributed by atoms with Gasteiger partial charge in [-0.1, -0.05) is 24.1 Å². The maximum absolute atomic E-state index is 15.4. The van der Waals surface area contributed by atoms with Gasteiger partial charge >= 0.3 is 0 Å². The van der Waals surface area contributed by atoms with Crippen molar-refractivity contribution in [3.8, 4) is 11.8 Å². The highest BCUT2D eigenvalue weighted by molar-refractivity contribution is 6.15. The lowest BCUT2D eigenvalue weighted by atomic mass is 10.00. The van der Waals surface area contributed by atoms with Crippen molar-refractivity contribution in [3.05, 3.63) is 41.7 Å². The molecule has 2 amide bonds. The fraction of sp³-hybridized carbons (Fsp3) is 0.304. The van der Waals surface area contributed by atoms with E-state index in [4.69, 9.17) is 5.73 Å². The van der Waals surface area contributed by atoms with E-state index in [0.717, 1.165) is 34.6 Å². The predicted molar refractivity (Wildman–Crippen MR) is 115 cm³/mol. The van der Waals surface area contributed by atoms with Gasteiger partial charge in [-0.25, -0.2) is 4.39 Å². The summed E-state index contributed by atoms with van der Waals surface area (Å²) < 4.78 is 15.4. The normalized spacial score (nSPS) is 16.3. The first-order valence-electron chi connectivity index (χ1n) is 9.96. The molecule has 0 aliphatic carbocycles. The van der Waals surface area contributed by atoms with Crippen molar-refractivity contribution in [2.24, 2.45) is 5.73 Å². The van der Waals surface area contributed by atoms with E-state index in [0.29, 0.717) is 24.3 Å². The third kappa shape index (κ3) is 3.69. The molecule has 30 heavy (non-hydrogen) atoms. The number of para-hydroxylation sites is 1. The SMILES string of the molecule is CC#CC(=O)N[C@H]1CCCN(c2c(F)cc(CC(N)=O)c3[nH]c4ccccc4c23)C1. The van der Waals surface area contributed by atoms with Crippen molar-refractivity contribution in [2.75, 3.05) is 18.0 Å². The van der Waals surface area contributed by atoms with Gasteiger partial charge < -0.3 is 20.9 Å². The van der Waals surface area contributed by atoms with E-state index in [2.05, 4.69) is 22.1 Å². The number of nitrogens with two attached hydrogens (primary N) is 1. The number of rotatable bonds is 4. The van der Waals surface area contributed by atoms with Crippen molar-refractivity contribution in [3.63, 3.8) is 0 Å². The van der Waals surface area contributed by atoms with E-state index in [-0.39, 0.29) is 18.4 Å². The Bertz CT molecular complexity index is 1200. The highest BCUT2D eigenvalue weighted by atomic mass is 19.1. The molecular weight excluding hydrogens is 383 g/mol. The van der Waals surface area contributed by atoms with Crippen LogP contribution in [0, 0.1) is 17.7 Å². The van der Waals surface area contributed by atoms with Gasteiger partial charge in [-0.05, 0) is 43.4 Å². The standard InChI is InChI=1S/C23H23FN4O2/c1-2-6-20(30)26-15-7-5-10-28(13-15)23-17(24)11-14(12-19(25)29)22-21(23)16-8-3-4-9-18(16)27-22/h3-4,8-9,11,15,27H,5,7,10,12-13H2,1H3,(H2,25,29)(H,26,30)/t15-/m0/s1. The third-order valence-corrected chi connectivity index (χ3v) is 5.47. The first kappa shape index (κ1) is 19.8. The minimum absolute atomic E-state index is 0.0467. The van der Waals surface area contributed by atoms with Crippen LogP contribution in [0.4, 0.5) is 10.1 Å². The second kappa shape index (κ2) is 8.07. The average Bonchev–Trinajstić information content (AvgIpc) is 3.08. The number of anilines is 1. The molecule has 0 bridgehead atoms. The molecule has 0 unspecified atom stereocenters. The summed E-state index contributed by atoms with van der Waals surface area (Å²) >= 11 is 0. The summed E-state index contributed by atoms with van der Waals surface area (Å²) in [5, 5.41) is 4.53. The maximum Gasteiger partial charge on any atom is 0.296 e. The summed E-state index contributed by atoms with van der Waals surface area (Å²) in [7, 11) is 0. The van der Waals surface area contributed by atoms with Crippen LogP contribution in [0.25, 0.3) is 21.8 Å². The molecule has 0 spiro atoms. The molecule has 1 aliphatic rings. The summed E-state index contributed by atoms with van der Waals surface area (Å²) in [5.74, 6) is 3.85. The molecule has 7 heteroatoms. The number of benzene rings is 2. The van der Waals surface area contributed by atoms with Crippen LogP contribution in [-0.4, -0.2) is 35.9 Å². The Hall–Kier alpha value is -3.53. The van der Waals surface area contributed by atoms with Crippen LogP contribution in [0.15, 0.2) is 30.3 Å². The van der Waals surface area contributed by atoms with Gasteiger partial charge in [0.15, 0.2) is 0 Å². The van der Waals surface area contributed by atoms with Gasteiger partial charge in [0.1, 0.15) is 5.82 Å². The minimum atomic E-state index is -0.514. The van der Waals surface area contributed by atoms with Crippen LogP contribution in [0.3, 0.4) is 0 Å². The number of aromatic nitrogens is 1. The van der Waals surface area contributed by atoms with Gasteiger partial charge in [0, 0.05) is 35.4 Å². The molecule has 3 aromatic rings. The number of nitrogens with one attached hydrogen (secondary N) is 2. The number of carbonyl (C=O) groups is 2. The van der Waals surface area contributed by atoms with Crippen LogP contribution >= 0.6 is 0 Å². The fourth-order valence-electron chi connectivity index (χ4n) is 4.31. The third-order valence-electron chi connectivity index (χ3n) is 5.47. The topological polar surface area (TPSA) is 91.2 Å². The number of halogens is 1. The van der Waals surface area contributed by atoms with Crippen LogP contribution in [-0.2, 0) is 16.0 Å². The first-order chi connectivity index (χ1) is 14.5. The number of hydrogen-bond donors (Lipinski definition) is 3. The molecular formula is C23H23FN4O2. The van der Waals surface area contributed by atoms with E-state index in [1.54, 1.807) is 6.92 Å². The molecule has 1 atom stereocenters. The van der Waals surface area contributed by atoms with E-state index in [1.165, 1.54) is 6.07 Å². The number of piperidine rings is 1. The van der Waals surface area contributed by atoms with E-state index < -0.39 is 11.7 Å². The van der Waals surface area contributed by atoms with E-state index in [1.807, 2.05) is 29.2 Å².